The standard InChI is InChI=1S/C25H31N5O/c1-5-7-8-19(6-2)24(31)30-17-18(12-25(30,3)4)16-29-10-9-20-11-21(13-26-23(20)29)22-14-27-28-15-22/h6-11,13-15,18H,5,12,16-17H2,1-4H3,(H,27,28)/b8-7-,19-6+. The highest BCUT2D eigenvalue weighted by atomic mass is 16.2. The zero-order valence-electron chi connectivity index (χ0n) is 18.8. The first-order chi connectivity index (χ1) is 14.9. The van der Waals surface area contributed by atoms with Gasteiger partial charge in [0.25, 0.3) is 5.91 Å². The van der Waals surface area contributed by atoms with Gasteiger partial charge in [0.1, 0.15) is 5.65 Å². The monoisotopic (exact) mass is 417 g/mol. The highest BCUT2D eigenvalue weighted by Gasteiger charge is 2.41. The number of carbonyl (C=O) groups is 1. The Hall–Kier alpha value is -3.15. The van der Waals surface area contributed by atoms with Crippen molar-refractivity contribution in [3.63, 3.8) is 0 Å². The van der Waals surface area contributed by atoms with Crippen molar-refractivity contribution in [3.8, 4) is 11.1 Å². The van der Waals surface area contributed by atoms with E-state index >= 15 is 0 Å². The Morgan fingerprint density at radius 1 is 1.32 bits per heavy atom. The molecule has 31 heavy (non-hydrogen) atoms. The van der Waals surface area contributed by atoms with E-state index in [0.717, 1.165) is 53.7 Å². The molecule has 3 aromatic heterocycles. The number of allylic oxidation sites excluding steroid dienone is 2. The minimum Gasteiger partial charge on any atom is -0.333 e. The van der Waals surface area contributed by atoms with Crippen LogP contribution >= 0.6 is 0 Å². The van der Waals surface area contributed by atoms with Crippen LogP contribution in [0.15, 0.2) is 60.7 Å². The summed E-state index contributed by atoms with van der Waals surface area (Å²) in [5.41, 5.74) is 3.67. The fourth-order valence-corrected chi connectivity index (χ4v) is 4.63. The van der Waals surface area contributed by atoms with E-state index in [1.54, 1.807) is 6.20 Å². The average Bonchev–Trinajstić information content (AvgIpc) is 3.47. The number of rotatable bonds is 6. The summed E-state index contributed by atoms with van der Waals surface area (Å²) in [4.78, 5) is 20.0. The van der Waals surface area contributed by atoms with Crippen LogP contribution in [0.4, 0.5) is 0 Å². The van der Waals surface area contributed by atoms with Gasteiger partial charge in [0.05, 0.1) is 6.20 Å². The van der Waals surface area contributed by atoms with E-state index in [-0.39, 0.29) is 11.4 Å². The van der Waals surface area contributed by atoms with Crippen LogP contribution in [0.2, 0.25) is 0 Å². The lowest BCUT2D eigenvalue weighted by Crippen LogP contribution is -2.43. The number of amides is 1. The van der Waals surface area contributed by atoms with Crippen LogP contribution in [0.5, 0.6) is 0 Å². The first-order valence-corrected chi connectivity index (χ1v) is 11.0. The third-order valence-electron chi connectivity index (χ3n) is 6.18. The lowest BCUT2D eigenvalue weighted by atomic mass is 9.96. The van der Waals surface area contributed by atoms with Crippen LogP contribution in [0.1, 0.15) is 40.5 Å². The fourth-order valence-electron chi connectivity index (χ4n) is 4.63. The van der Waals surface area contributed by atoms with Crippen LogP contribution in [0.25, 0.3) is 22.2 Å². The normalized spacial score (nSPS) is 19.0. The summed E-state index contributed by atoms with van der Waals surface area (Å²) in [7, 11) is 0. The predicted molar refractivity (Wildman–Crippen MR) is 124 cm³/mol. The summed E-state index contributed by atoms with van der Waals surface area (Å²) in [6, 6.07) is 4.26. The van der Waals surface area contributed by atoms with Crippen LogP contribution < -0.4 is 0 Å². The molecule has 1 atom stereocenters. The van der Waals surface area contributed by atoms with Crippen molar-refractivity contribution in [2.45, 2.75) is 52.6 Å². The second-order valence-electron chi connectivity index (χ2n) is 8.94. The van der Waals surface area contributed by atoms with E-state index in [9.17, 15) is 4.79 Å². The first kappa shape index (κ1) is 21.1. The van der Waals surface area contributed by atoms with Gasteiger partial charge in [-0.25, -0.2) is 4.98 Å². The van der Waals surface area contributed by atoms with Gasteiger partial charge in [0, 0.05) is 59.3 Å². The van der Waals surface area contributed by atoms with Gasteiger partial charge in [0.15, 0.2) is 0 Å². The van der Waals surface area contributed by atoms with Crippen molar-refractivity contribution < 1.29 is 4.79 Å². The molecule has 4 heterocycles. The summed E-state index contributed by atoms with van der Waals surface area (Å²) in [5, 5.41) is 7.99. The Balaban J connectivity index is 1.52. The van der Waals surface area contributed by atoms with E-state index in [2.05, 4.69) is 53.9 Å². The molecule has 1 aliphatic rings. The maximum atomic E-state index is 13.2. The van der Waals surface area contributed by atoms with Gasteiger partial charge >= 0.3 is 0 Å². The molecule has 162 valence electrons. The molecule has 1 fully saturated rings. The topological polar surface area (TPSA) is 66.8 Å². The molecule has 0 radical (unpaired) electrons. The van der Waals surface area contributed by atoms with Gasteiger partial charge in [0.2, 0.25) is 0 Å². The summed E-state index contributed by atoms with van der Waals surface area (Å²) in [5.74, 6) is 0.512. The number of H-pyrrole nitrogens is 1. The number of nitrogens with one attached hydrogen (secondary N) is 1. The lowest BCUT2D eigenvalue weighted by Gasteiger charge is -2.31. The van der Waals surface area contributed by atoms with Crippen LogP contribution in [0, 0.1) is 5.92 Å². The van der Waals surface area contributed by atoms with Gasteiger partial charge in [-0.05, 0) is 51.7 Å². The van der Waals surface area contributed by atoms with Crippen molar-refractivity contribution in [1.29, 1.82) is 0 Å². The van der Waals surface area contributed by atoms with Gasteiger partial charge in [-0.3, -0.25) is 9.89 Å². The van der Waals surface area contributed by atoms with E-state index in [1.807, 2.05) is 42.4 Å². The number of hydrogen-bond donors (Lipinski definition) is 1. The SMILES string of the molecule is C/C=C(\C=C/CC)C(=O)N1CC(Cn2ccc3cc(-c4cn[nH]c4)cnc32)CC1(C)C. The Bertz CT molecular complexity index is 1120. The number of carbonyl (C=O) groups excluding carboxylic acids is 1. The van der Waals surface area contributed by atoms with Crippen molar-refractivity contribution in [2.75, 3.05) is 6.54 Å². The summed E-state index contributed by atoms with van der Waals surface area (Å²) in [6.45, 7) is 9.97. The van der Waals surface area contributed by atoms with Gasteiger partial charge < -0.3 is 9.47 Å². The van der Waals surface area contributed by atoms with Crippen LogP contribution in [-0.4, -0.2) is 42.6 Å². The Morgan fingerprint density at radius 2 is 2.16 bits per heavy atom. The fraction of sp³-hybridized carbons (Fsp3) is 0.400. The molecule has 6 nitrogen and oxygen atoms in total. The van der Waals surface area contributed by atoms with Crippen molar-refractivity contribution in [1.82, 2.24) is 24.6 Å². The largest absolute Gasteiger partial charge is 0.333 e. The van der Waals surface area contributed by atoms with Gasteiger partial charge in [-0.2, -0.15) is 5.10 Å². The molecule has 1 unspecified atom stereocenters. The molecular formula is C25H31N5O. The molecule has 6 heteroatoms. The number of pyridine rings is 1. The Kier molecular flexibility index (Phi) is 5.81. The maximum absolute atomic E-state index is 13.2. The molecule has 0 bridgehead atoms. The summed E-state index contributed by atoms with van der Waals surface area (Å²) >= 11 is 0. The quantitative estimate of drug-likeness (QED) is 0.455. The number of fused-ring (bicyclic) bond motifs is 1. The predicted octanol–water partition coefficient (Wildman–Crippen LogP) is 4.97. The molecule has 0 saturated carbocycles. The molecule has 4 rings (SSSR count). The van der Waals surface area contributed by atoms with Crippen molar-refractivity contribution >= 4 is 16.9 Å². The Morgan fingerprint density at radius 3 is 2.87 bits per heavy atom. The van der Waals surface area contributed by atoms with Gasteiger partial charge in [-0.1, -0.05) is 25.2 Å². The van der Waals surface area contributed by atoms with Crippen molar-refractivity contribution in [2.24, 2.45) is 5.92 Å². The third-order valence-corrected chi connectivity index (χ3v) is 6.18. The molecule has 0 spiro atoms. The molecular weight excluding hydrogens is 386 g/mol. The molecule has 1 aliphatic heterocycles. The molecule has 1 amide bonds. The summed E-state index contributed by atoms with van der Waals surface area (Å²) in [6.07, 6.45) is 15.5. The number of aromatic nitrogens is 4. The van der Waals surface area contributed by atoms with E-state index in [4.69, 9.17) is 4.98 Å². The Labute approximate surface area is 183 Å². The zero-order valence-corrected chi connectivity index (χ0v) is 18.8. The average molecular weight is 418 g/mol. The summed E-state index contributed by atoms with van der Waals surface area (Å²) < 4.78 is 2.22. The highest BCUT2D eigenvalue weighted by molar-refractivity contribution is 5.96. The second-order valence-corrected chi connectivity index (χ2v) is 8.94. The number of nitrogens with zero attached hydrogens (tertiary/aromatic N) is 4. The minimum atomic E-state index is -0.166. The maximum Gasteiger partial charge on any atom is 0.253 e. The van der Waals surface area contributed by atoms with Gasteiger partial charge in [-0.15, -0.1) is 0 Å². The third kappa shape index (κ3) is 4.20. The number of hydrogen-bond acceptors (Lipinski definition) is 3. The van der Waals surface area contributed by atoms with Crippen LogP contribution in [-0.2, 0) is 11.3 Å². The van der Waals surface area contributed by atoms with E-state index in [0.29, 0.717) is 5.92 Å². The van der Waals surface area contributed by atoms with Crippen LogP contribution in [0.3, 0.4) is 0 Å². The number of likely N-dealkylation sites (tertiary alicyclic amines) is 1. The molecule has 0 aliphatic carbocycles. The smallest absolute Gasteiger partial charge is 0.253 e. The molecule has 1 N–H and O–H groups in total. The van der Waals surface area contributed by atoms with E-state index < -0.39 is 0 Å². The van der Waals surface area contributed by atoms with Crippen molar-refractivity contribution in [3.05, 3.63) is 60.7 Å². The zero-order chi connectivity index (χ0) is 22.0. The molecule has 1 saturated heterocycles. The van der Waals surface area contributed by atoms with E-state index in [1.165, 1.54) is 0 Å². The lowest BCUT2D eigenvalue weighted by molar-refractivity contribution is -0.129. The first-order valence-electron chi connectivity index (χ1n) is 11.0. The molecule has 3 aromatic rings. The second kappa shape index (κ2) is 8.53. The molecule has 0 aromatic carbocycles. The highest BCUT2D eigenvalue weighted by Crippen LogP contribution is 2.35. The minimum absolute atomic E-state index is 0.125. The number of aromatic amines is 1.